The van der Waals surface area contributed by atoms with Crippen LogP contribution in [0.15, 0.2) is 36.5 Å². The molecule has 0 aliphatic heterocycles. The maximum Gasteiger partial charge on any atom is 0.270 e. The number of aromatic nitrogens is 2. The van der Waals surface area contributed by atoms with Crippen LogP contribution in [0, 0.1) is 0 Å². The van der Waals surface area contributed by atoms with Crippen LogP contribution in [0.4, 0.5) is 0 Å². The van der Waals surface area contributed by atoms with Crippen LogP contribution >= 0.6 is 0 Å². The van der Waals surface area contributed by atoms with E-state index in [9.17, 15) is 4.79 Å². The smallest absolute Gasteiger partial charge is 0.270 e. The number of amides is 1. The fourth-order valence-corrected chi connectivity index (χ4v) is 4.18. The zero-order chi connectivity index (χ0) is 17.2. The van der Waals surface area contributed by atoms with Gasteiger partial charge in [-0.25, -0.2) is 0 Å². The first-order valence-corrected chi connectivity index (χ1v) is 9.60. The van der Waals surface area contributed by atoms with Crippen LogP contribution in [0.3, 0.4) is 0 Å². The first-order chi connectivity index (χ1) is 12.2. The highest BCUT2D eigenvalue weighted by Crippen LogP contribution is 2.41. The summed E-state index contributed by atoms with van der Waals surface area (Å²) in [5, 5.41) is 7.62. The van der Waals surface area contributed by atoms with E-state index in [1.807, 2.05) is 13.2 Å². The Hall–Kier alpha value is -2.10. The van der Waals surface area contributed by atoms with Crippen LogP contribution in [0.1, 0.15) is 78.4 Å². The Balaban J connectivity index is 1.40. The molecule has 2 saturated carbocycles. The zero-order valence-electron chi connectivity index (χ0n) is 14.9. The molecule has 4 nitrogen and oxygen atoms in total. The summed E-state index contributed by atoms with van der Waals surface area (Å²) in [6.45, 7) is 0. The highest BCUT2D eigenvalue weighted by molar-refractivity contribution is 5.94. The summed E-state index contributed by atoms with van der Waals surface area (Å²) in [7, 11) is 1.87. The van der Waals surface area contributed by atoms with E-state index >= 15 is 0 Å². The molecule has 0 bridgehead atoms. The van der Waals surface area contributed by atoms with Gasteiger partial charge in [-0.05, 0) is 55.9 Å². The summed E-state index contributed by atoms with van der Waals surface area (Å²) >= 11 is 0. The van der Waals surface area contributed by atoms with Gasteiger partial charge in [0.1, 0.15) is 5.69 Å². The topological polar surface area (TPSA) is 46.9 Å². The third-order valence-electron chi connectivity index (χ3n) is 5.77. The van der Waals surface area contributed by atoms with E-state index in [0.29, 0.717) is 11.8 Å². The van der Waals surface area contributed by atoms with Crippen molar-refractivity contribution in [3.63, 3.8) is 0 Å². The third kappa shape index (κ3) is 3.63. The predicted molar refractivity (Wildman–Crippen MR) is 98.7 cm³/mol. The summed E-state index contributed by atoms with van der Waals surface area (Å²) < 4.78 is 1.74. The largest absolute Gasteiger partial charge is 0.348 e. The molecule has 4 heteroatoms. The number of nitrogens with zero attached hydrogens (tertiary/aromatic N) is 2. The molecular formula is C21H27N3O. The predicted octanol–water partition coefficient (Wildman–Crippen LogP) is 4.14. The Morgan fingerprint density at radius 2 is 1.80 bits per heavy atom. The van der Waals surface area contributed by atoms with Crippen molar-refractivity contribution in [3.05, 3.63) is 53.3 Å². The number of hydrogen-bond donors (Lipinski definition) is 1. The molecule has 2 fully saturated rings. The molecule has 2 unspecified atom stereocenters. The molecule has 1 aromatic heterocycles. The lowest BCUT2D eigenvalue weighted by atomic mass is 9.92. The van der Waals surface area contributed by atoms with E-state index in [0.717, 1.165) is 30.5 Å². The van der Waals surface area contributed by atoms with E-state index in [-0.39, 0.29) is 11.9 Å². The highest BCUT2D eigenvalue weighted by Gasteiger charge is 2.31. The molecule has 1 amide bonds. The van der Waals surface area contributed by atoms with Crippen molar-refractivity contribution < 1.29 is 4.79 Å². The molecule has 1 aromatic carbocycles. The van der Waals surface area contributed by atoms with Gasteiger partial charge in [0.25, 0.3) is 5.91 Å². The van der Waals surface area contributed by atoms with Crippen LogP contribution in [0.25, 0.3) is 0 Å². The van der Waals surface area contributed by atoms with Gasteiger partial charge in [-0.3, -0.25) is 9.48 Å². The zero-order valence-corrected chi connectivity index (χ0v) is 14.9. The second kappa shape index (κ2) is 7.03. The van der Waals surface area contributed by atoms with Gasteiger partial charge >= 0.3 is 0 Å². The van der Waals surface area contributed by atoms with Gasteiger partial charge in [-0.15, -0.1) is 0 Å². The summed E-state index contributed by atoms with van der Waals surface area (Å²) in [6, 6.07) is 11.1. The third-order valence-corrected chi connectivity index (χ3v) is 5.77. The van der Waals surface area contributed by atoms with E-state index in [1.165, 1.54) is 31.2 Å². The van der Waals surface area contributed by atoms with Crippen LogP contribution in [-0.4, -0.2) is 21.7 Å². The molecule has 1 N–H and O–H groups in total. The first-order valence-electron chi connectivity index (χ1n) is 9.60. The number of benzene rings is 1. The summed E-state index contributed by atoms with van der Waals surface area (Å²) in [4.78, 5) is 12.8. The normalized spacial score (nSPS) is 23.9. The number of aryl methyl sites for hydroxylation is 1. The van der Waals surface area contributed by atoms with Gasteiger partial charge in [-0.1, -0.05) is 36.8 Å². The van der Waals surface area contributed by atoms with E-state index < -0.39 is 0 Å². The second-order valence-corrected chi connectivity index (χ2v) is 7.63. The quantitative estimate of drug-likeness (QED) is 0.852. The van der Waals surface area contributed by atoms with Crippen molar-refractivity contribution in [2.45, 2.75) is 62.8 Å². The van der Waals surface area contributed by atoms with E-state index in [2.05, 4.69) is 40.7 Å². The average Bonchev–Trinajstić information content (AvgIpc) is 3.42. The van der Waals surface area contributed by atoms with Crippen molar-refractivity contribution in [2.75, 3.05) is 0 Å². The van der Waals surface area contributed by atoms with Crippen LogP contribution < -0.4 is 5.32 Å². The molecule has 0 radical (unpaired) electrons. The van der Waals surface area contributed by atoms with Gasteiger partial charge in [0, 0.05) is 18.7 Å². The molecule has 0 spiro atoms. The van der Waals surface area contributed by atoms with Gasteiger partial charge in [0.05, 0.1) is 6.20 Å². The molecule has 2 aliphatic carbocycles. The van der Waals surface area contributed by atoms with Gasteiger partial charge in [-0.2, -0.15) is 5.10 Å². The van der Waals surface area contributed by atoms with Crippen molar-refractivity contribution >= 4 is 5.91 Å². The standard InChI is InChI=1S/C21H27N3O/c1-24-20(19(14-22-24)17-10-11-17)21(25)23-18-9-5-8-16(12-13-18)15-6-3-2-4-7-15/h2-4,6-7,14,16-18H,5,8-13H2,1H3,(H,23,25). The number of carbonyl (C=O) groups excluding carboxylic acids is 1. The van der Waals surface area contributed by atoms with Crippen molar-refractivity contribution in [1.29, 1.82) is 0 Å². The molecule has 2 aromatic rings. The van der Waals surface area contributed by atoms with Crippen LogP contribution in [0.2, 0.25) is 0 Å². The number of hydrogen-bond acceptors (Lipinski definition) is 2. The Morgan fingerprint density at radius 3 is 2.56 bits per heavy atom. The number of nitrogens with one attached hydrogen (secondary N) is 1. The first kappa shape index (κ1) is 16.4. The molecule has 25 heavy (non-hydrogen) atoms. The minimum absolute atomic E-state index is 0.0602. The molecule has 2 atom stereocenters. The maximum atomic E-state index is 12.8. The molecule has 4 rings (SSSR count). The lowest BCUT2D eigenvalue weighted by Gasteiger charge is -2.18. The van der Waals surface area contributed by atoms with Gasteiger partial charge < -0.3 is 5.32 Å². The summed E-state index contributed by atoms with van der Waals surface area (Å²) in [5.74, 6) is 1.23. The number of carbonyl (C=O) groups is 1. The van der Waals surface area contributed by atoms with Crippen LogP contribution in [0.5, 0.6) is 0 Å². The van der Waals surface area contributed by atoms with Crippen LogP contribution in [-0.2, 0) is 7.05 Å². The molecule has 132 valence electrons. The Morgan fingerprint density at radius 1 is 1.04 bits per heavy atom. The Bertz CT molecular complexity index is 733. The minimum atomic E-state index is 0.0602. The lowest BCUT2D eigenvalue weighted by molar-refractivity contribution is 0.0922. The fourth-order valence-electron chi connectivity index (χ4n) is 4.18. The van der Waals surface area contributed by atoms with E-state index in [1.54, 1.807) is 4.68 Å². The molecule has 2 aliphatic rings. The SMILES string of the molecule is Cn1ncc(C2CC2)c1C(=O)NC1CCCC(c2ccccc2)CC1. The highest BCUT2D eigenvalue weighted by atomic mass is 16.2. The van der Waals surface area contributed by atoms with Crippen molar-refractivity contribution in [2.24, 2.45) is 7.05 Å². The maximum absolute atomic E-state index is 12.8. The lowest BCUT2D eigenvalue weighted by Crippen LogP contribution is -2.36. The summed E-state index contributed by atoms with van der Waals surface area (Å²) in [5.41, 5.74) is 3.35. The Kier molecular flexibility index (Phi) is 4.60. The number of rotatable bonds is 4. The van der Waals surface area contributed by atoms with Crippen molar-refractivity contribution in [3.8, 4) is 0 Å². The van der Waals surface area contributed by atoms with Crippen molar-refractivity contribution in [1.82, 2.24) is 15.1 Å². The second-order valence-electron chi connectivity index (χ2n) is 7.63. The van der Waals surface area contributed by atoms with Gasteiger partial charge in [0.15, 0.2) is 0 Å². The molecule has 0 saturated heterocycles. The summed E-state index contributed by atoms with van der Waals surface area (Å²) in [6.07, 6.45) is 9.93. The Labute approximate surface area is 149 Å². The monoisotopic (exact) mass is 337 g/mol. The molecular weight excluding hydrogens is 310 g/mol. The fraction of sp³-hybridized carbons (Fsp3) is 0.524. The van der Waals surface area contributed by atoms with E-state index in [4.69, 9.17) is 0 Å². The van der Waals surface area contributed by atoms with Gasteiger partial charge in [0.2, 0.25) is 0 Å². The molecule has 1 heterocycles. The minimum Gasteiger partial charge on any atom is -0.348 e. The average molecular weight is 337 g/mol.